The lowest BCUT2D eigenvalue weighted by Crippen LogP contribution is -2.10. The van der Waals surface area contributed by atoms with E-state index >= 15 is 0 Å². The fourth-order valence-electron chi connectivity index (χ4n) is 0.863. The standard InChI is InChI=1S/C7H10N2O2/c1-3-9-6(4-5-8-9)7(10)11-2/h4-5H,3H2,1-2H3. The Bertz CT molecular complexity index is 255. The Balaban J connectivity index is 2.92. The van der Waals surface area contributed by atoms with Crippen LogP contribution in [-0.4, -0.2) is 22.9 Å². The van der Waals surface area contributed by atoms with Gasteiger partial charge >= 0.3 is 5.97 Å². The smallest absolute Gasteiger partial charge is 0.356 e. The average Bonchev–Trinajstić information content (AvgIpc) is 2.50. The van der Waals surface area contributed by atoms with E-state index in [1.54, 1.807) is 16.9 Å². The molecule has 0 aromatic carbocycles. The molecular weight excluding hydrogens is 144 g/mol. The lowest BCUT2D eigenvalue weighted by Gasteiger charge is -2.00. The van der Waals surface area contributed by atoms with E-state index < -0.39 is 0 Å². The maximum Gasteiger partial charge on any atom is 0.356 e. The zero-order valence-electron chi connectivity index (χ0n) is 6.57. The van der Waals surface area contributed by atoms with Gasteiger partial charge < -0.3 is 4.74 Å². The van der Waals surface area contributed by atoms with Gasteiger partial charge in [-0.1, -0.05) is 0 Å². The fourth-order valence-corrected chi connectivity index (χ4v) is 0.863. The molecule has 4 heteroatoms. The van der Waals surface area contributed by atoms with Gasteiger partial charge in [0, 0.05) is 12.7 Å². The number of hydrogen-bond acceptors (Lipinski definition) is 3. The molecule has 60 valence electrons. The summed E-state index contributed by atoms with van der Waals surface area (Å²) >= 11 is 0. The van der Waals surface area contributed by atoms with Crippen molar-refractivity contribution in [3.05, 3.63) is 18.0 Å². The second-order valence-electron chi connectivity index (χ2n) is 2.02. The number of rotatable bonds is 2. The van der Waals surface area contributed by atoms with Crippen LogP contribution in [0.3, 0.4) is 0 Å². The summed E-state index contributed by atoms with van der Waals surface area (Å²) in [7, 11) is 1.36. The molecule has 0 N–H and O–H groups in total. The van der Waals surface area contributed by atoms with Crippen LogP contribution in [0.5, 0.6) is 0 Å². The highest BCUT2D eigenvalue weighted by Crippen LogP contribution is 1.99. The van der Waals surface area contributed by atoms with Crippen LogP contribution in [0.25, 0.3) is 0 Å². The average molecular weight is 154 g/mol. The van der Waals surface area contributed by atoms with Crippen molar-refractivity contribution in [2.45, 2.75) is 13.5 Å². The highest BCUT2D eigenvalue weighted by molar-refractivity contribution is 5.87. The van der Waals surface area contributed by atoms with Crippen LogP contribution in [0.15, 0.2) is 12.3 Å². The third-order valence-electron chi connectivity index (χ3n) is 1.41. The molecule has 1 heterocycles. The second-order valence-corrected chi connectivity index (χ2v) is 2.02. The summed E-state index contributed by atoms with van der Waals surface area (Å²) in [5.74, 6) is -0.343. The maximum absolute atomic E-state index is 11.0. The van der Waals surface area contributed by atoms with E-state index in [0.29, 0.717) is 12.2 Å². The molecule has 4 nitrogen and oxygen atoms in total. The number of nitrogens with zero attached hydrogens (tertiary/aromatic N) is 2. The number of methoxy groups -OCH3 is 1. The Kier molecular flexibility index (Phi) is 2.25. The summed E-state index contributed by atoms with van der Waals surface area (Å²) in [5.41, 5.74) is 0.495. The molecule has 0 spiro atoms. The van der Waals surface area contributed by atoms with Gasteiger partial charge in [0.1, 0.15) is 5.69 Å². The summed E-state index contributed by atoms with van der Waals surface area (Å²) in [6.45, 7) is 2.59. The predicted molar refractivity (Wildman–Crippen MR) is 39.2 cm³/mol. The van der Waals surface area contributed by atoms with Crippen LogP contribution in [0, 0.1) is 0 Å². The molecule has 0 atom stereocenters. The molecule has 0 aliphatic rings. The molecule has 0 radical (unpaired) electrons. The number of carbonyl (C=O) groups is 1. The van der Waals surface area contributed by atoms with Crippen molar-refractivity contribution in [2.75, 3.05) is 7.11 Å². The molecule has 0 aliphatic carbocycles. The van der Waals surface area contributed by atoms with Crippen molar-refractivity contribution in [1.29, 1.82) is 0 Å². The molecule has 0 saturated heterocycles. The van der Waals surface area contributed by atoms with Crippen LogP contribution in [0.1, 0.15) is 17.4 Å². The van der Waals surface area contributed by atoms with E-state index in [1.807, 2.05) is 6.92 Å². The van der Waals surface area contributed by atoms with Crippen molar-refractivity contribution in [2.24, 2.45) is 0 Å². The summed E-state index contributed by atoms with van der Waals surface area (Å²) in [6, 6.07) is 1.63. The molecule has 0 fully saturated rings. The lowest BCUT2D eigenvalue weighted by molar-refractivity contribution is 0.0587. The molecular formula is C7H10N2O2. The minimum absolute atomic E-state index is 0.343. The SMILES string of the molecule is CCn1nccc1C(=O)OC. The van der Waals surface area contributed by atoms with Crippen LogP contribution < -0.4 is 0 Å². The van der Waals surface area contributed by atoms with E-state index in [9.17, 15) is 4.79 Å². The van der Waals surface area contributed by atoms with Crippen molar-refractivity contribution < 1.29 is 9.53 Å². The molecule has 0 amide bonds. The third kappa shape index (κ3) is 1.39. The molecule has 0 aliphatic heterocycles. The van der Waals surface area contributed by atoms with E-state index in [0.717, 1.165) is 0 Å². The van der Waals surface area contributed by atoms with Gasteiger partial charge in [-0.2, -0.15) is 5.10 Å². The number of aryl methyl sites for hydroxylation is 1. The van der Waals surface area contributed by atoms with Crippen molar-refractivity contribution >= 4 is 5.97 Å². The highest BCUT2D eigenvalue weighted by Gasteiger charge is 2.09. The molecule has 0 unspecified atom stereocenters. The van der Waals surface area contributed by atoms with Gasteiger partial charge in [-0.05, 0) is 13.0 Å². The maximum atomic E-state index is 11.0. The first-order valence-corrected chi connectivity index (χ1v) is 3.39. The van der Waals surface area contributed by atoms with Gasteiger partial charge in [-0.25, -0.2) is 4.79 Å². The minimum Gasteiger partial charge on any atom is -0.464 e. The minimum atomic E-state index is -0.343. The quantitative estimate of drug-likeness (QED) is 0.588. The van der Waals surface area contributed by atoms with E-state index in [1.165, 1.54) is 7.11 Å². The van der Waals surface area contributed by atoms with Gasteiger partial charge in [0.05, 0.1) is 7.11 Å². The summed E-state index contributed by atoms with van der Waals surface area (Å²) in [5, 5.41) is 3.92. The Hall–Kier alpha value is -1.32. The van der Waals surface area contributed by atoms with Gasteiger partial charge in [0.25, 0.3) is 0 Å². The van der Waals surface area contributed by atoms with Crippen molar-refractivity contribution in [3.63, 3.8) is 0 Å². The first-order chi connectivity index (χ1) is 5.29. The van der Waals surface area contributed by atoms with E-state index in [4.69, 9.17) is 0 Å². The van der Waals surface area contributed by atoms with Crippen LogP contribution >= 0.6 is 0 Å². The van der Waals surface area contributed by atoms with E-state index in [2.05, 4.69) is 9.84 Å². The normalized spacial score (nSPS) is 9.64. The number of ether oxygens (including phenoxy) is 1. The van der Waals surface area contributed by atoms with Crippen LogP contribution in [0.2, 0.25) is 0 Å². The second kappa shape index (κ2) is 3.18. The zero-order valence-corrected chi connectivity index (χ0v) is 6.57. The molecule has 1 rings (SSSR count). The summed E-state index contributed by atoms with van der Waals surface area (Å²) < 4.78 is 6.13. The van der Waals surface area contributed by atoms with Crippen molar-refractivity contribution in [1.82, 2.24) is 9.78 Å². The topological polar surface area (TPSA) is 44.1 Å². The summed E-state index contributed by atoms with van der Waals surface area (Å²) in [4.78, 5) is 11.0. The van der Waals surface area contributed by atoms with Crippen molar-refractivity contribution in [3.8, 4) is 0 Å². The fraction of sp³-hybridized carbons (Fsp3) is 0.429. The molecule has 11 heavy (non-hydrogen) atoms. The van der Waals surface area contributed by atoms with Gasteiger partial charge in [-0.15, -0.1) is 0 Å². The Morgan fingerprint density at radius 1 is 1.82 bits per heavy atom. The molecule has 1 aromatic rings. The summed E-state index contributed by atoms with van der Waals surface area (Å²) in [6.07, 6.45) is 1.58. The third-order valence-corrected chi connectivity index (χ3v) is 1.41. The largest absolute Gasteiger partial charge is 0.464 e. The highest BCUT2D eigenvalue weighted by atomic mass is 16.5. The zero-order chi connectivity index (χ0) is 8.27. The lowest BCUT2D eigenvalue weighted by atomic mass is 10.4. The number of esters is 1. The first kappa shape index (κ1) is 7.78. The number of hydrogen-bond donors (Lipinski definition) is 0. The van der Waals surface area contributed by atoms with Gasteiger partial charge in [0.15, 0.2) is 0 Å². The molecule has 1 aromatic heterocycles. The Labute approximate surface area is 64.8 Å². The number of carbonyl (C=O) groups excluding carboxylic acids is 1. The molecule has 0 bridgehead atoms. The number of aromatic nitrogens is 2. The molecule has 0 saturated carbocycles. The first-order valence-electron chi connectivity index (χ1n) is 3.39. The van der Waals surface area contributed by atoms with Crippen LogP contribution in [-0.2, 0) is 11.3 Å². The monoisotopic (exact) mass is 154 g/mol. The predicted octanol–water partition coefficient (Wildman–Crippen LogP) is 0.690. The Morgan fingerprint density at radius 3 is 3.09 bits per heavy atom. The van der Waals surface area contributed by atoms with Gasteiger partial charge in [-0.3, -0.25) is 4.68 Å². The Morgan fingerprint density at radius 2 is 2.55 bits per heavy atom. The van der Waals surface area contributed by atoms with E-state index in [-0.39, 0.29) is 5.97 Å². The van der Waals surface area contributed by atoms with Crippen LogP contribution in [0.4, 0.5) is 0 Å². The van der Waals surface area contributed by atoms with Gasteiger partial charge in [0.2, 0.25) is 0 Å².